The average molecular weight is 1040 g/mol. The van der Waals surface area contributed by atoms with Crippen molar-refractivity contribution < 1.29 is 97.9 Å². The summed E-state index contributed by atoms with van der Waals surface area (Å²) in [7, 11) is 2.32. The summed E-state index contributed by atoms with van der Waals surface area (Å²) in [4.78, 5) is 54.9. The SMILES string of the molecule is C/C=C(/C)C(=O)O[C@@H]1[C@@H](OC(=O)/C(C)=C\C)[C@]2(CO)[C@H](CC1(C)C)C1=CC[C@@H]3[C@@]4(C)CC[C@@H](O[C@@H]5O[C@H](C(=O)OC)[C@@H](O)[C@H](O[C@H]6OC[C@H](O)[C@H](O)[C@@H]6O)[C@H]5O)[C@@](C)(C(=O)OC)[C@@H]4CC[C@@]3(C)[C@@]1(C)[C@@H](O)[C@H]2O. The summed E-state index contributed by atoms with van der Waals surface area (Å²) in [6.07, 6.45) is -15.2. The maximum absolute atomic E-state index is 14.5. The molecule has 7 aliphatic rings. The molecule has 0 unspecified atom stereocenters. The smallest absolute Gasteiger partial charge is 0.337 e. The number of aliphatic hydroxyl groups is 8. The van der Waals surface area contributed by atoms with Crippen LogP contribution in [0.15, 0.2) is 34.9 Å². The van der Waals surface area contributed by atoms with Crippen LogP contribution < -0.4 is 0 Å². The third kappa shape index (κ3) is 8.65. The highest BCUT2D eigenvalue weighted by Gasteiger charge is 2.77. The summed E-state index contributed by atoms with van der Waals surface area (Å²) in [5.41, 5.74) is -5.38. The molecule has 0 aromatic rings. The number of hydrogen-bond acceptors (Lipinski definition) is 20. The topological polar surface area (TPSA) is 304 Å². The molecule has 22 atom stereocenters. The lowest BCUT2D eigenvalue weighted by molar-refractivity contribution is -0.357. The Bertz CT molecular complexity index is 2210. The first kappa shape index (κ1) is 57.3. The zero-order chi connectivity index (χ0) is 54.3. The molecule has 8 N–H and O–H groups in total. The van der Waals surface area contributed by atoms with Gasteiger partial charge in [0.2, 0.25) is 0 Å². The maximum Gasteiger partial charge on any atom is 0.337 e. The van der Waals surface area contributed by atoms with Gasteiger partial charge in [-0.15, -0.1) is 0 Å². The van der Waals surface area contributed by atoms with Crippen LogP contribution in [0.5, 0.6) is 0 Å². The summed E-state index contributed by atoms with van der Waals surface area (Å²) in [5.74, 6) is -4.48. The lowest BCUT2D eigenvalue weighted by atomic mass is 9.32. The van der Waals surface area contributed by atoms with Crippen molar-refractivity contribution in [2.75, 3.05) is 27.4 Å². The summed E-state index contributed by atoms with van der Waals surface area (Å²) < 4.78 is 46.7. The lowest BCUT2D eigenvalue weighted by Gasteiger charge is -2.73. The van der Waals surface area contributed by atoms with Crippen molar-refractivity contribution in [1.29, 1.82) is 0 Å². The van der Waals surface area contributed by atoms with Crippen LogP contribution in [-0.2, 0) is 57.1 Å². The Kier molecular flexibility index (Phi) is 16.1. The molecule has 2 heterocycles. The Labute approximate surface area is 427 Å². The number of esters is 4. The third-order valence-electron chi connectivity index (χ3n) is 19.7. The molecule has 6 fully saturated rings. The Hall–Kier alpha value is -3.38. The summed E-state index contributed by atoms with van der Waals surface area (Å²) in [6, 6.07) is 0. The molecule has 0 amide bonds. The predicted octanol–water partition coefficient (Wildman–Crippen LogP) is 1.68. The number of ether oxygens (including phenoxy) is 8. The van der Waals surface area contributed by atoms with E-state index in [-0.39, 0.29) is 24.3 Å². The standard InChI is InChI=1S/C53H80O20/c1-13-24(3)42(62)72-40-41(73-43(63)25(4)14-2)53(23-54)27(21-48(40,5)6)26-15-16-29-49(7)19-18-31(51(9,47(65)67-12)30(49)17-20-50(29,8)52(26,10)38(60)39(53)61)69-46-35(59)36(34(58)37(71-46)44(64)66-11)70-45-33(57)32(56)28(55)22-68-45/h13-15,27-41,45-46,54-61H,16-23H2,1-12H3/b24-13-,25-14-/t27-,28+,29-,30-,31-,32+,33+,34+,35-,36+,37+,38+,39-,40-,41-,45-,46-,49-,50-,51+,52-,53-/m1/s1. The minimum absolute atomic E-state index is 0.178. The van der Waals surface area contributed by atoms with E-state index in [9.17, 15) is 60.0 Å². The molecular weight excluding hydrogens is 957 g/mol. The second-order valence-corrected chi connectivity index (χ2v) is 23.4. The molecule has 0 aromatic heterocycles. The van der Waals surface area contributed by atoms with Crippen LogP contribution in [0.3, 0.4) is 0 Å². The molecule has 412 valence electrons. The largest absolute Gasteiger partial charge is 0.469 e. The third-order valence-corrected chi connectivity index (χ3v) is 19.7. The molecule has 73 heavy (non-hydrogen) atoms. The number of rotatable bonds is 11. The van der Waals surface area contributed by atoms with Crippen LogP contribution in [0, 0.1) is 50.2 Å². The van der Waals surface area contributed by atoms with E-state index in [1.165, 1.54) is 7.11 Å². The van der Waals surface area contributed by atoms with Gasteiger partial charge < -0.3 is 78.7 Å². The molecule has 4 saturated carbocycles. The molecule has 2 aliphatic heterocycles. The van der Waals surface area contributed by atoms with Gasteiger partial charge in [-0.05, 0) is 102 Å². The van der Waals surface area contributed by atoms with Crippen LogP contribution in [0.1, 0.15) is 108 Å². The monoisotopic (exact) mass is 1040 g/mol. The Balaban J connectivity index is 1.25. The number of aliphatic hydroxyl groups excluding tert-OH is 8. The highest BCUT2D eigenvalue weighted by molar-refractivity contribution is 5.89. The average Bonchev–Trinajstić information content (AvgIpc) is 3.36. The van der Waals surface area contributed by atoms with E-state index in [1.807, 2.05) is 20.8 Å². The summed E-state index contributed by atoms with van der Waals surface area (Å²) >= 11 is 0. The van der Waals surface area contributed by atoms with E-state index in [4.69, 9.17) is 37.9 Å². The van der Waals surface area contributed by atoms with Gasteiger partial charge in [0.15, 0.2) is 24.8 Å². The molecule has 7 rings (SSSR count). The van der Waals surface area contributed by atoms with Gasteiger partial charge in [-0.25, -0.2) is 14.4 Å². The first-order valence-electron chi connectivity index (χ1n) is 25.6. The van der Waals surface area contributed by atoms with Gasteiger partial charge in [0, 0.05) is 22.0 Å². The van der Waals surface area contributed by atoms with E-state index in [1.54, 1.807) is 46.8 Å². The Morgan fingerprint density at radius 3 is 1.93 bits per heavy atom. The van der Waals surface area contributed by atoms with Gasteiger partial charge in [0.1, 0.15) is 42.7 Å². The van der Waals surface area contributed by atoms with E-state index in [0.717, 1.165) is 12.7 Å². The normalized spacial score (nSPS) is 47.6. The van der Waals surface area contributed by atoms with Crippen molar-refractivity contribution in [1.82, 2.24) is 0 Å². The molecule has 0 radical (unpaired) electrons. The maximum atomic E-state index is 14.5. The quantitative estimate of drug-likeness (QED) is 0.0480. The van der Waals surface area contributed by atoms with Crippen LogP contribution in [0.4, 0.5) is 0 Å². The first-order valence-corrected chi connectivity index (χ1v) is 25.6. The molecule has 0 aromatic carbocycles. The van der Waals surface area contributed by atoms with Gasteiger partial charge in [0.25, 0.3) is 0 Å². The minimum Gasteiger partial charge on any atom is -0.469 e. The number of carbonyl (C=O) groups excluding carboxylic acids is 4. The Morgan fingerprint density at radius 1 is 0.740 bits per heavy atom. The summed E-state index contributed by atoms with van der Waals surface area (Å²) in [6.45, 7) is 17.1. The molecule has 2 saturated heterocycles. The van der Waals surface area contributed by atoms with Crippen LogP contribution in [-0.4, -0.2) is 178 Å². The number of methoxy groups -OCH3 is 2. The lowest BCUT2D eigenvalue weighted by Crippen LogP contribution is -2.76. The minimum atomic E-state index is -1.91. The van der Waals surface area contributed by atoms with Gasteiger partial charge in [0.05, 0.1) is 56.6 Å². The van der Waals surface area contributed by atoms with Crippen molar-refractivity contribution in [3.63, 3.8) is 0 Å². The fourth-order valence-electron chi connectivity index (χ4n) is 15.0. The molecule has 5 aliphatic carbocycles. The van der Waals surface area contributed by atoms with Gasteiger partial charge in [-0.3, -0.25) is 4.79 Å². The molecule has 0 bridgehead atoms. The fraction of sp³-hybridized carbons (Fsp3) is 0.811. The summed E-state index contributed by atoms with van der Waals surface area (Å²) in [5, 5.41) is 91.9. The van der Waals surface area contributed by atoms with Gasteiger partial charge >= 0.3 is 23.9 Å². The second-order valence-electron chi connectivity index (χ2n) is 23.4. The number of fused-ring (bicyclic) bond motifs is 7. The highest BCUT2D eigenvalue weighted by Crippen LogP contribution is 2.76. The predicted molar refractivity (Wildman–Crippen MR) is 255 cm³/mol. The van der Waals surface area contributed by atoms with E-state index >= 15 is 0 Å². The zero-order valence-corrected chi connectivity index (χ0v) is 44.2. The van der Waals surface area contributed by atoms with Gasteiger partial charge in [-0.1, -0.05) is 58.4 Å². The van der Waals surface area contributed by atoms with Crippen molar-refractivity contribution in [2.45, 2.75) is 194 Å². The first-order chi connectivity index (χ1) is 34.1. The van der Waals surface area contributed by atoms with Crippen molar-refractivity contribution in [3.05, 3.63) is 34.9 Å². The van der Waals surface area contributed by atoms with Gasteiger partial charge in [-0.2, -0.15) is 0 Å². The van der Waals surface area contributed by atoms with E-state index < -0.39 is 167 Å². The van der Waals surface area contributed by atoms with E-state index in [0.29, 0.717) is 31.3 Å². The zero-order valence-electron chi connectivity index (χ0n) is 44.2. The van der Waals surface area contributed by atoms with Crippen LogP contribution in [0.25, 0.3) is 0 Å². The number of hydrogen-bond donors (Lipinski definition) is 8. The highest BCUT2D eigenvalue weighted by atomic mass is 16.7. The molecule has 0 spiro atoms. The number of carbonyl (C=O) groups is 4. The Morgan fingerprint density at radius 2 is 1.36 bits per heavy atom. The second kappa shape index (κ2) is 20.5. The van der Waals surface area contributed by atoms with E-state index in [2.05, 4.69) is 19.9 Å². The van der Waals surface area contributed by atoms with Crippen molar-refractivity contribution in [2.24, 2.45) is 50.2 Å². The fourth-order valence-corrected chi connectivity index (χ4v) is 15.0. The van der Waals surface area contributed by atoms with Crippen molar-refractivity contribution >= 4 is 23.9 Å². The molecule has 20 nitrogen and oxygen atoms in total. The van der Waals surface area contributed by atoms with Crippen LogP contribution >= 0.6 is 0 Å². The number of allylic oxidation sites excluding steroid dienone is 3. The molecule has 20 heteroatoms. The molecular formula is C53H80O20. The van der Waals surface area contributed by atoms with Crippen molar-refractivity contribution in [3.8, 4) is 0 Å². The van der Waals surface area contributed by atoms with Crippen LogP contribution in [0.2, 0.25) is 0 Å².